The second kappa shape index (κ2) is 4.50. The molecule has 3 nitrogen and oxygen atoms in total. The van der Waals surface area contributed by atoms with Crippen LogP contribution in [0.4, 0.5) is 8.78 Å². The molecule has 1 aromatic rings. The van der Waals surface area contributed by atoms with Crippen molar-refractivity contribution in [2.45, 2.75) is 31.2 Å². The van der Waals surface area contributed by atoms with Gasteiger partial charge in [-0.25, -0.2) is 13.6 Å². The molecule has 0 spiro atoms. The Hall–Kier alpha value is -1.74. The van der Waals surface area contributed by atoms with E-state index in [2.05, 4.69) is 4.99 Å². The topological polar surface area (TPSA) is 38.7 Å². The van der Waals surface area contributed by atoms with Crippen LogP contribution >= 0.6 is 0 Å². The average Bonchev–Trinajstić information content (AvgIpc) is 3.08. The van der Waals surface area contributed by atoms with Crippen LogP contribution in [-0.2, 0) is 10.3 Å². The normalized spacial score (nSPS) is 16.8. The van der Waals surface area contributed by atoms with Crippen molar-refractivity contribution in [1.29, 1.82) is 0 Å². The van der Waals surface area contributed by atoms with E-state index < -0.39 is 18.1 Å². The van der Waals surface area contributed by atoms with Gasteiger partial charge in [-0.3, -0.25) is 0 Å². The standard InChI is InChI=1S/C13H13F2NO2/c1-12(14,15)8-18-11-4-2-10(3-5-11)13(6-7-13)16-9-17/h2-5H,6-8H2,1H3. The number of hydrogen-bond donors (Lipinski definition) is 0. The SMILES string of the molecule is CC(F)(F)COc1ccc(C2(N=C=O)CC2)cc1. The quantitative estimate of drug-likeness (QED) is 0.597. The second-order valence-electron chi connectivity index (χ2n) is 4.62. The maximum Gasteiger partial charge on any atom is 0.278 e. The summed E-state index contributed by atoms with van der Waals surface area (Å²) in [6, 6.07) is 6.72. The molecule has 0 aromatic heterocycles. The minimum Gasteiger partial charge on any atom is -0.487 e. The average molecular weight is 253 g/mol. The summed E-state index contributed by atoms with van der Waals surface area (Å²) in [5.41, 5.74) is 0.455. The van der Waals surface area contributed by atoms with Crippen LogP contribution in [0, 0.1) is 0 Å². The molecule has 1 aliphatic carbocycles. The molecule has 1 aromatic carbocycles. The van der Waals surface area contributed by atoms with Gasteiger partial charge in [0, 0.05) is 6.92 Å². The Balaban J connectivity index is 2.04. The fourth-order valence-corrected chi connectivity index (χ4v) is 1.74. The molecule has 5 heteroatoms. The zero-order valence-electron chi connectivity index (χ0n) is 9.95. The van der Waals surface area contributed by atoms with Crippen molar-refractivity contribution in [3.63, 3.8) is 0 Å². The smallest absolute Gasteiger partial charge is 0.278 e. The Morgan fingerprint density at radius 2 is 2.00 bits per heavy atom. The van der Waals surface area contributed by atoms with Crippen LogP contribution in [0.5, 0.6) is 5.75 Å². The molecule has 1 fully saturated rings. The molecular formula is C13H13F2NO2. The zero-order valence-corrected chi connectivity index (χ0v) is 9.95. The molecule has 0 saturated heterocycles. The highest BCUT2D eigenvalue weighted by Crippen LogP contribution is 2.49. The molecule has 0 radical (unpaired) electrons. The summed E-state index contributed by atoms with van der Waals surface area (Å²) in [6.45, 7) is 0.156. The molecule has 0 N–H and O–H groups in total. The van der Waals surface area contributed by atoms with Crippen LogP contribution in [-0.4, -0.2) is 18.6 Å². The molecule has 0 atom stereocenters. The number of nitrogens with zero attached hydrogens (tertiary/aromatic N) is 1. The fourth-order valence-electron chi connectivity index (χ4n) is 1.74. The monoisotopic (exact) mass is 253 g/mol. The van der Waals surface area contributed by atoms with E-state index in [9.17, 15) is 13.6 Å². The summed E-state index contributed by atoms with van der Waals surface area (Å²) >= 11 is 0. The van der Waals surface area contributed by atoms with Crippen LogP contribution in [0.1, 0.15) is 25.3 Å². The van der Waals surface area contributed by atoms with Crippen LogP contribution < -0.4 is 4.74 Å². The lowest BCUT2D eigenvalue weighted by molar-refractivity contribution is -0.0229. The highest BCUT2D eigenvalue weighted by Gasteiger charge is 2.44. The number of halogens is 2. The van der Waals surface area contributed by atoms with E-state index in [0.717, 1.165) is 25.3 Å². The lowest BCUT2D eigenvalue weighted by Gasteiger charge is -2.13. The molecular weight excluding hydrogens is 240 g/mol. The van der Waals surface area contributed by atoms with Gasteiger partial charge in [-0.05, 0) is 30.5 Å². The molecule has 0 bridgehead atoms. The number of hydrogen-bond acceptors (Lipinski definition) is 3. The first-order chi connectivity index (χ1) is 8.45. The van der Waals surface area contributed by atoms with E-state index in [-0.39, 0.29) is 0 Å². The summed E-state index contributed by atoms with van der Waals surface area (Å²) in [6.07, 6.45) is 3.20. The van der Waals surface area contributed by atoms with Crippen molar-refractivity contribution in [2.24, 2.45) is 4.99 Å². The van der Waals surface area contributed by atoms with Gasteiger partial charge in [-0.2, -0.15) is 4.99 Å². The van der Waals surface area contributed by atoms with Crippen molar-refractivity contribution in [1.82, 2.24) is 0 Å². The molecule has 0 heterocycles. The summed E-state index contributed by atoms with van der Waals surface area (Å²) in [7, 11) is 0. The van der Waals surface area contributed by atoms with Gasteiger partial charge in [0.05, 0.1) is 5.54 Å². The first kappa shape index (κ1) is 12.7. The van der Waals surface area contributed by atoms with Gasteiger partial charge >= 0.3 is 0 Å². The number of carbonyl (C=O) groups excluding carboxylic acids is 1. The summed E-state index contributed by atoms with van der Waals surface area (Å²) in [5.74, 6) is -2.47. The maximum atomic E-state index is 12.6. The Kier molecular flexibility index (Phi) is 3.18. The minimum absolute atomic E-state index is 0.381. The second-order valence-corrected chi connectivity index (χ2v) is 4.62. The first-order valence-corrected chi connectivity index (χ1v) is 5.65. The molecule has 1 saturated carbocycles. The van der Waals surface area contributed by atoms with E-state index in [1.54, 1.807) is 30.3 Å². The van der Waals surface area contributed by atoms with Gasteiger partial charge in [0.25, 0.3) is 5.92 Å². The summed E-state index contributed by atoms with van der Waals surface area (Å²) < 4.78 is 30.2. The lowest BCUT2D eigenvalue weighted by atomic mass is 10.1. The first-order valence-electron chi connectivity index (χ1n) is 5.65. The molecule has 96 valence electrons. The molecule has 1 aliphatic rings. The maximum absolute atomic E-state index is 12.6. The lowest BCUT2D eigenvalue weighted by Crippen LogP contribution is -2.20. The van der Waals surface area contributed by atoms with Gasteiger partial charge in [0.15, 0.2) is 6.61 Å². The third-order valence-electron chi connectivity index (χ3n) is 2.87. The predicted octanol–water partition coefficient (Wildman–Crippen LogP) is 3.05. The van der Waals surface area contributed by atoms with E-state index in [0.29, 0.717) is 5.75 Å². The highest BCUT2D eigenvalue weighted by molar-refractivity contribution is 5.42. The minimum atomic E-state index is -2.85. The third-order valence-corrected chi connectivity index (χ3v) is 2.87. The van der Waals surface area contributed by atoms with E-state index >= 15 is 0 Å². The Morgan fingerprint density at radius 1 is 1.39 bits per heavy atom. The Bertz CT molecular complexity index is 469. The van der Waals surface area contributed by atoms with E-state index in [1.165, 1.54) is 0 Å². The molecule has 0 aliphatic heterocycles. The third kappa shape index (κ3) is 2.93. The van der Waals surface area contributed by atoms with Crippen LogP contribution in [0.3, 0.4) is 0 Å². The van der Waals surface area contributed by atoms with Gasteiger partial charge in [0.2, 0.25) is 6.08 Å². The van der Waals surface area contributed by atoms with Crippen molar-refractivity contribution in [3.8, 4) is 5.75 Å². The zero-order chi connectivity index (χ0) is 13.2. The molecule has 2 rings (SSSR count). The largest absolute Gasteiger partial charge is 0.487 e. The molecule has 0 unspecified atom stereocenters. The van der Waals surface area contributed by atoms with Crippen molar-refractivity contribution >= 4 is 6.08 Å². The van der Waals surface area contributed by atoms with E-state index in [4.69, 9.17) is 4.74 Å². The van der Waals surface area contributed by atoms with Crippen molar-refractivity contribution < 1.29 is 18.3 Å². The van der Waals surface area contributed by atoms with E-state index in [1.807, 2.05) is 0 Å². The molecule has 0 amide bonds. The van der Waals surface area contributed by atoms with Crippen LogP contribution in [0.15, 0.2) is 29.3 Å². The number of alkyl halides is 2. The number of isocyanates is 1. The Labute approximate surface area is 103 Å². The number of benzene rings is 1. The fraction of sp³-hybridized carbons (Fsp3) is 0.462. The summed E-state index contributed by atoms with van der Waals surface area (Å²) in [4.78, 5) is 14.1. The van der Waals surface area contributed by atoms with Gasteiger partial charge < -0.3 is 4.74 Å². The predicted molar refractivity (Wildman–Crippen MR) is 61.6 cm³/mol. The van der Waals surface area contributed by atoms with Gasteiger partial charge in [-0.15, -0.1) is 0 Å². The number of ether oxygens (including phenoxy) is 1. The summed E-state index contributed by atoms with van der Waals surface area (Å²) in [5, 5.41) is 0. The van der Waals surface area contributed by atoms with Crippen molar-refractivity contribution in [2.75, 3.05) is 6.61 Å². The molecule has 18 heavy (non-hydrogen) atoms. The number of rotatable bonds is 5. The van der Waals surface area contributed by atoms with Crippen molar-refractivity contribution in [3.05, 3.63) is 29.8 Å². The highest BCUT2D eigenvalue weighted by atomic mass is 19.3. The Morgan fingerprint density at radius 3 is 2.44 bits per heavy atom. The van der Waals surface area contributed by atoms with Crippen LogP contribution in [0.2, 0.25) is 0 Å². The van der Waals surface area contributed by atoms with Gasteiger partial charge in [0.1, 0.15) is 5.75 Å². The van der Waals surface area contributed by atoms with Crippen LogP contribution in [0.25, 0.3) is 0 Å². The van der Waals surface area contributed by atoms with Gasteiger partial charge in [-0.1, -0.05) is 12.1 Å². The number of aliphatic imine (C=N–C) groups is 1.